The number of halogens is 4. The van der Waals surface area contributed by atoms with Crippen LogP contribution in [-0.2, 0) is 22.6 Å². The summed E-state index contributed by atoms with van der Waals surface area (Å²) in [4.78, 5) is 27.3. The molecule has 1 N–H and O–H groups in total. The molecule has 2 amide bonds. The highest BCUT2D eigenvalue weighted by molar-refractivity contribution is 6.35. The Balaban J connectivity index is 2.26. The molecule has 2 aromatic rings. The van der Waals surface area contributed by atoms with E-state index in [1.807, 2.05) is 6.92 Å². The first-order valence-electron chi connectivity index (χ1n) is 9.68. The average Bonchev–Trinajstić information content (AvgIpc) is 2.69. The van der Waals surface area contributed by atoms with Gasteiger partial charge in [0, 0.05) is 33.2 Å². The van der Waals surface area contributed by atoms with E-state index in [4.69, 9.17) is 46.4 Å². The van der Waals surface area contributed by atoms with Gasteiger partial charge in [-0.2, -0.15) is 0 Å². The van der Waals surface area contributed by atoms with Gasteiger partial charge in [0.25, 0.3) is 0 Å². The molecule has 0 aliphatic carbocycles. The summed E-state index contributed by atoms with van der Waals surface area (Å²) in [5, 5.41) is 4.71. The Bertz CT molecular complexity index is 905. The maximum absolute atomic E-state index is 13.2. The molecule has 0 heterocycles. The van der Waals surface area contributed by atoms with Crippen LogP contribution in [0.4, 0.5) is 0 Å². The number of benzene rings is 2. The van der Waals surface area contributed by atoms with Crippen molar-refractivity contribution in [3.63, 3.8) is 0 Å². The van der Waals surface area contributed by atoms with Crippen LogP contribution in [0.25, 0.3) is 0 Å². The monoisotopic (exact) mass is 488 g/mol. The number of rotatable bonds is 9. The van der Waals surface area contributed by atoms with E-state index < -0.39 is 6.04 Å². The summed E-state index contributed by atoms with van der Waals surface area (Å²) in [6, 6.07) is 9.36. The first-order valence-corrected chi connectivity index (χ1v) is 11.2. The van der Waals surface area contributed by atoms with Gasteiger partial charge in [-0.15, -0.1) is 0 Å². The standard InChI is InChI=1S/C22H24Cl4N2O2/c1-3-4-9-27-22(30)14(2)28(13-16-6-8-18(24)12-20(16)26)21(29)10-15-5-7-17(23)11-19(15)25/h5-8,11-12,14H,3-4,9-10,13H2,1-2H3,(H,27,30). The van der Waals surface area contributed by atoms with Crippen LogP contribution in [0, 0.1) is 0 Å². The molecule has 0 saturated heterocycles. The average molecular weight is 490 g/mol. The van der Waals surface area contributed by atoms with Crippen LogP contribution in [0.15, 0.2) is 36.4 Å². The number of carbonyl (C=O) groups is 2. The summed E-state index contributed by atoms with van der Waals surface area (Å²) in [5.74, 6) is -0.465. The van der Waals surface area contributed by atoms with Crippen molar-refractivity contribution in [2.24, 2.45) is 0 Å². The Morgan fingerprint density at radius 3 is 2.07 bits per heavy atom. The van der Waals surface area contributed by atoms with E-state index in [0.717, 1.165) is 12.8 Å². The summed E-state index contributed by atoms with van der Waals surface area (Å²) in [6.45, 7) is 4.48. The van der Waals surface area contributed by atoms with Crippen molar-refractivity contribution in [1.29, 1.82) is 0 Å². The molecule has 0 aliphatic heterocycles. The van der Waals surface area contributed by atoms with Gasteiger partial charge in [-0.05, 0) is 48.7 Å². The fourth-order valence-corrected chi connectivity index (χ4v) is 3.83. The van der Waals surface area contributed by atoms with Gasteiger partial charge in [0.15, 0.2) is 0 Å². The Morgan fingerprint density at radius 2 is 1.53 bits per heavy atom. The normalized spacial score (nSPS) is 11.8. The summed E-state index contributed by atoms with van der Waals surface area (Å²) in [6.07, 6.45) is 1.87. The van der Waals surface area contributed by atoms with Crippen molar-refractivity contribution in [2.45, 2.75) is 45.7 Å². The van der Waals surface area contributed by atoms with Crippen LogP contribution in [0.5, 0.6) is 0 Å². The lowest BCUT2D eigenvalue weighted by Gasteiger charge is -2.29. The SMILES string of the molecule is CCCCNC(=O)C(C)N(Cc1ccc(Cl)cc1Cl)C(=O)Cc1ccc(Cl)cc1Cl. The molecule has 1 atom stereocenters. The van der Waals surface area contributed by atoms with Gasteiger partial charge in [0.1, 0.15) is 6.04 Å². The molecule has 2 rings (SSSR count). The Morgan fingerprint density at radius 1 is 0.967 bits per heavy atom. The molecule has 8 heteroatoms. The van der Waals surface area contributed by atoms with Crippen LogP contribution in [-0.4, -0.2) is 29.3 Å². The van der Waals surface area contributed by atoms with Crippen molar-refractivity contribution in [3.8, 4) is 0 Å². The molecular formula is C22H24Cl4N2O2. The van der Waals surface area contributed by atoms with Crippen LogP contribution >= 0.6 is 46.4 Å². The van der Waals surface area contributed by atoms with E-state index in [1.165, 1.54) is 4.90 Å². The highest BCUT2D eigenvalue weighted by Crippen LogP contribution is 2.25. The molecule has 4 nitrogen and oxygen atoms in total. The molecule has 0 fully saturated rings. The summed E-state index contributed by atoms with van der Waals surface area (Å²) >= 11 is 24.5. The number of nitrogens with zero attached hydrogens (tertiary/aromatic N) is 1. The first kappa shape index (κ1) is 24.8. The predicted molar refractivity (Wildman–Crippen MR) is 125 cm³/mol. The third-order valence-corrected chi connectivity index (χ3v) is 5.88. The van der Waals surface area contributed by atoms with Crippen LogP contribution in [0.2, 0.25) is 20.1 Å². The summed E-state index contributed by atoms with van der Waals surface area (Å²) in [5.41, 5.74) is 1.33. The highest BCUT2D eigenvalue weighted by atomic mass is 35.5. The molecule has 30 heavy (non-hydrogen) atoms. The maximum atomic E-state index is 13.2. The summed E-state index contributed by atoms with van der Waals surface area (Å²) < 4.78 is 0. The van der Waals surface area contributed by atoms with Gasteiger partial charge in [-0.3, -0.25) is 9.59 Å². The lowest BCUT2D eigenvalue weighted by atomic mass is 10.1. The van der Waals surface area contributed by atoms with E-state index in [2.05, 4.69) is 5.32 Å². The topological polar surface area (TPSA) is 49.4 Å². The zero-order chi connectivity index (χ0) is 22.3. The third-order valence-electron chi connectivity index (χ3n) is 4.71. The second kappa shape index (κ2) is 11.8. The maximum Gasteiger partial charge on any atom is 0.242 e. The van der Waals surface area contributed by atoms with Gasteiger partial charge >= 0.3 is 0 Å². The smallest absolute Gasteiger partial charge is 0.242 e. The molecule has 0 aliphatic rings. The zero-order valence-electron chi connectivity index (χ0n) is 16.9. The number of carbonyl (C=O) groups excluding carboxylic acids is 2. The molecule has 1 unspecified atom stereocenters. The second-order valence-electron chi connectivity index (χ2n) is 6.99. The fraction of sp³-hybridized carbons (Fsp3) is 0.364. The fourth-order valence-electron chi connectivity index (χ4n) is 2.88. The Hall–Kier alpha value is -1.46. The predicted octanol–water partition coefficient (Wildman–Crippen LogP) is 6.18. The molecule has 0 bridgehead atoms. The molecule has 162 valence electrons. The minimum absolute atomic E-state index is 0.0355. The summed E-state index contributed by atoms with van der Waals surface area (Å²) in [7, 11) is 0. The van der Waals surface area contributed by atoms with E-state index in [-0.39, 0.29) is 24.8 Å². The highest BCUT2D eigenvalue weighted by Gasteiger charge is 2.27. The Labute approximate surface area is 197 Å². The quantitative estimate of drug-likeness (QED) is 0.427. The molecule has 2 aromatic carbocycles. The van der Waals surface area contributed by atoms with Crippen LogP contribution in [0.1, 0.15) is 37.8 Å². The zero-order valence-corrected chi connectivity index (χ0v) is 19.9. The third kappa shape index (κ3) is 7.05. The van der Waals surface area contributed by atoms with Gasteiger partial charge in [0.2, 0.25) is 11.8 Å². The largest absolute Gasteiger partial charge is 0.354 e. The van der Waals surface area contributed by atoms with Gasteiger partial charge < -0.3 is 10.2 Å². The molecule has 0 spiro atoms. The van der Waals surface area contributed by atoms with E-state index in [9.17, 15) is 9.59 Å². The van der Waals surface area contributed by atoms with Crippen molar-refractivity contribution in [3.05, 3.63) is 67.6 Å². The van der Waals surface area contributed by atoms with Crippen LogP contribution < -0.4 is 5.32 Å². The van der Waals surface area contributed by atoms with E-state index in [0.29, 0.717) is 37.8 Å². The molecular weight excluding hydrogens is 466 g/mol. The number of unbranched alkanes of at least 4 members (excludes halogenated alkanes) is 1. The van der Waals surface area contributed by atoms with Gasteiger partial charge in [0.05, 0.1) is 6.42 Å². The Kier molecular flexibility index (Phi) is 9.76. The molecule has 0 radical (unpaired) electrons. The van der Waals surface area contributed by atoms with E-state index >= 15 is 0 Å². The number of hydrogen-bond acceptors (Lipinski definition) is 2. The van der Waals surface area contributed by atoms with Crippen molar-refractivity contribution >= 4 is 58.2 Å². The minimum Gasteiger partial charge on any atom is -0.354 e. The number of amides is 2. The lowest BCUT2D eigenvalue weighted by Crippen LogP contribution is -2.48. The molecule has 0 saturated carbocycles. The minimum atomic E-state index is -0.688. The first-order chi connectivity index (χ1) is 14.2. The van der Waals surface area contributed by atoms with Gasteiger partial charge in [-0.25, -0.2) is 0 Å². The van der Waals surface area contributed by atoms with E-state index in [1.54, 1.807) is 43.3 Å². The lowest BCUT2D eigenvalue weighted by molar-refractivity contribution is -0.140. The van der Waals surface area contributed by atoms with Gasteiger partial charge in [-0.1, -0.05) is 71.9 Å². The second-order valence-corrected chi connectivity index (χ2v) is 8.68. The van der Waals surface area contributed by atoms with Crippen LogP contribution in [0.3, 0.4) is 0 Å². The van der Waals surface area contributed by atoms with Crippen molar-refractivity contribution in [1.82, 2.24) is 10.2 Å². The van der Waals surface area contributed by atoms with Crippen molar-refractivity contribution < 1.29 is 9.59 Å². The number of nitrogens with one attached hydrogen (secondary N) is 1. The number of hydrogen-bond donors (Lipinski definition) is 1. The van der Waals surface area contributed by atoms with Crippen molar-refractivity contribution in [2.75, 3.05) is 6.54 Å². The molecule has 0 aromatic heterocycles.